The van der Waals surface area contributed by atoms with Gasteiger partial charge in [-0.15, -0.1) is 0 Å². The fourth-order valence-electron chi connectivity index (χ4n) is 0.816. The average molecular weight is 204 g/mol. The van der Waals surface area contributed by atoms with Gasteiger partial charge in [0, 0.05) is 0 Å². The molecule has 0 spiro atoms. The van der Waals surface area contributed by atoms with Gasteiger partial charge in [-0.05, 0) is 12.1 Å². The van der Waals surface area contributed by atoms with Crippen LogP contribution in [0.1, 0.15) is 5.56 Å². The molecule has 0 N–H and O–H groups in total. The lowest BCUT2D eigenvalue weighted by Crippen LogP contribution is -1.98. The molecule has 0 aliphatic carbocycles. The zero-order valence-electron chi connectivity index (χ0n) is 6.42. The molecule has 2 nitrogen and oxygen atoms in total. The van der Waals surface area contributed by atoms with E-state index in [1.807, 2.05) is 0 Å². The van der Waals surface area contributed by atoms with Gasteiger partial charge in [-0.3, -0.25) is 0 Å². The van der Waals surface area contributed by atoms with Gasteiger partial charge in [0.1, 0.15) is 7.05 Å². The van der Waals surface area contributed by atoms with Crippen LogP contribution in [0.2, 0.25) is 10.0 Å². The van der Waals surface area contributed by atoms with Gasteiger partial charge in [0.15, 0.2) is 6.21 Å². The Morgan fingerprint density at radius 1 is 1.33 bits per heavy atom. The molecule has 0 saturated carbocycles. The molecule has 12 heavy (non-hydrogen) atoms. The van der Waals surface area contributed by atoms with Crippen LogP contribution in [-0.4, -0.2) is 18.0 Å². The monoisotopic (exact) mass is 203 g/mol. The normalized spacial score (nSPS) is 11.8. The van der Waals surface area contributed by atoms with E-state index >= 15 is 0 Å². The maximum atomic E-state index is 10.7. The number of halogens is 2. The largest absolute Gasteiger partial charge is 0.624 e. The molecule has 1 aromatic carbocycles. The third-order valence-electron chi connectivity index (χ3n) is 1.31. The maximum absolute atomic E-state index is 10.7. The summed E-state index contributed by atoms with van der Waals surface area (Å²) in [4.78, 5) is 0. The summed E-state index contributed by atoms with van der Waals surface area (Å²) in [6.07, 6.45) is 1.34. The lowest BCUT2D eigenvalue weighted by Gasteiger charge is -2.00. The highest BCUT2D eigenvalue weighted by molar-refractivity contribution is 6.38. The SMILES string of the molecule is C/[N+]([O-])=C\c1c(Cl)cccc1Cl. The van der Waals surface area contributed by atoms with Gasteiger partial charge in [-0.25, -0.2) is 4.74 Å². The Morgan fingerprint density at radius 3 is 2.25 bits per heavy atom. The van der Waals surface area contributed by atoms with E-state index in [1.54, 1.807) is 18.2 Å². The average Bonchev–Trinajstić information content (AvgIpc) is 1.97. The van der Waals surface area contributed by atoms with Crippen LogP contribution in [0.25, 0.3) is 0 Å². The molecule has 1 aromatic rings. The molecule has 0 aliphatic heterocycles. The molecule has 0 unspecified atom stereocenters. The molecular formula is C8H7Cl2NO. The van der Waals surface area contributed by atoms with E-state index in [0.29, 0.717) is 20.3 Å². The van der Waals surface area contributed by atoms with Crippen LogP contribution < -0.4 is 0 Å². The van der Waals surface area contributed by atoms with Crippen molar-refractivity contribution in [3.63, 3.8) is 0 Å². The summed E-state index contributed by atoms with van der Waals surface area (Å²) in [5.74, 6) is 0. The Hall–Kier alpha value is -0.730. The minimum Gasteiger partial charge on any atom is -0.624 e. The Labute approximate surface area is 80.6 Å². The molecule has 0 saturated heterocycles. The van der Waals surface area contributed by atoms with Crippen molar-refractivity contribution in [1.82, 2.24) is 0 Å². The van der Waals surface area contributed by atoms with Crippen molar-refractivity contribution in [2.24, 2.45) is 0 Å². The van der Waals surface area contributed by atoms with Crippen LogP contribution in [0.4, 0.5) is 0 Å². The van der Waals surface area contributed by atoms with E-state index in [1.165, 1.54) is 13.3 Å². The summed E-state index contributed by atoms with van der Waals surface area (Å²) < 4.78 is 0.660. The first-order valence-corrected chi connectivity index (χ1v) is 4.05. The predicted octanol–water partition coefficient (Wildman–Crippen LogP) is 2.55. The number of hydrogen-bond donors (Lipinski definition) is 0. The second-order valence-electron chi connectivity index (χ2n) is 2.31. The lowest BCUT2D eigenvalue weighted by atomic mass is 10.2. The fourth-order valence-corrected chi connectivity index (χ4v) is 1.31. The van der Waals surface area contributed by atoms with Crippen molar-refractivity contribution < 1.29 is 4.74 Å². The van der Waals surface area contributed by atoms with Crippen molar-refractivity contribution in [3.8, 4) is 0 Å². The van der Waals surface area contributed by atoms with E-state index in [4.69, 9.17) is 23.2 Å². The van der Waals surface area contributed by atoms with Gasteiger partial charge in [0.25, 0.3) is 0 Å². The summed E-state index contributed by atoms with van der Waals surface area (Å²) in [5, 5.41) is 11.6. The first kappa shape index (κ1) is 9.36. The van der Waals surface area contributed by atoms with Gasteiger partial charge in [0.05, 0.1) is 15.6 Å². The molecule has 64 valence electrons. The van der Waals surface area contributed by atoms with E-state index in [9.17, 15) is 5.21 Å². The number of benzene rings is 1. The smallest absolute Gasteiger partial charge is 0.184 e. The van der Waals surface area contributed by atoms with Crippen molar-refractivity contribution in [3.05, 3.63) is 39.0 Å². The second kappa shape index (κ2) is 3.78. The number of hydroxylamine groups is 1. The van der Waals surface area contributed by atoms with Gasteiger partial charge in [-0.2, -0.15) is 0 Å². The first-order valence-electron chi connectivity index (χ1n) is 3.30. The topological polar surface area (TPSA) is 26.1 Å². The quantitative estimate of drug-likeness (QED) is 0.298. The minimum absolute atomic E-state index is 0.477. The van der Waals surface area contributed by atoms with E-state index < -0.39 is 0 Å². The molecule has 0 atom stereocenters. The summed E-state index contributed by atoms with van der Waals surface area (Å²) in [7, 11) is 1.37. The molecule has 4 heteroatoms. The summed E-state index contributed by atoms with van der Waals surface area (Å²) in [6, 6.07) is 5.10. The highest BCUT2D eigenvalue weighted by Gasteiger charge is 2.04. The molecule has 0 fully saturated rings. The van der Waals surface area contributed by atoms with Crippen LogP contribution in [-0.2, 0) is 0 Å². The second-order valence-corrected chi connectivity index (χ2v) is 3.13. The van der Waals surface area contributed by atoms with Crippen molar-refractivity contribution in [2.75, 3.05) is 7.05 Å². The zero-order valence-corrected chi connectivity index (χ0v) is 7.93. The predicted molar refractivity (Wildman–Crippen MR) is 51.2 cm³/mol. The molecule has 0 radical (unpaired) electrons. The van der Waals surface area contributed by atoms with E-state index in [-0.39, 0.29) is 0 Å². The first-order chi connectivity index (χ1) is 5.61. The van der Waals surface area contributed by atoms with Crippen LogP contribution in [0.5, 0.6) is 0 Å². The van der Waals surface area contributed by atoms with Gasteiger partial charge in [-0.1, -0.05) is 29.3 Å². The summed E-state index contributed by atoms with van der Waals surface area (Å²) in [5.41, 5.74) is 0.554. The molecule has 0 bridgehead atoms. The van der Waals surface area contributed by atoms with Gasteiger partial charge >= 0.3 is 0 Å². The van der Waals surface area contributed by atoms with Gasteiger partial charge < -0.3 is 5.21 Å². The van der Waals surface area contributed by atoms with Crippen molar-refractivity contribution in [1.29, 1.82) is 0 Å². The molecule has 0 aromatic heterocycles. The third kappa shape index (κ3) is 2.13. The van der Waals surface area contributed by atoms with Crippen molar-refractivity contribution >= 4 is 29.4 Å². The Morgan fingerprint density at radius 2 is 1.83 bits per heavy atom. The standard InChI is InChI=1S/C8H7Cl2NO/c1-11(12)5-6-7(9)3-2-4-8(6)10/h2-5H,1H3/b11-5+. The van der Waals surface area contributed by atoms with Crippen LogP contribution in [0.3, 0.4) is 0 Å². The van der Waals surface area contributed by atoms with Gasteiger partial charge in [0.2, 0.25) is 0 Å². The van der Waals surface area contributed by atoms with E-state index in [0.717, 1.165) is 0 Å². The van der Waals surface area contributed by atoms with Crippen LogP contribution in [0.15, 0.2) is 18.2 Å². The molecule has 1 rings (SSSR count). The van der Waals surface area contributed by atoms with Crippen LogP contribution >= 0.6 is 23.2 Å². The number of rotatable bonds is 1. The number of nitrogens with zero attached hydrogens (tertiary/aromatic N) is 1. The molecular weight excluding hydrogens is 197 g/mol. The third-order valence-corrected chi connectivity index (χ3v) is 1.97. The molecule has 0 amide bonds. The maximum Gasteiger partial charge on any atom is 0.184 e. The fraction of sp³-hybridized carbons (Fsp3) is 0.125. The Balaban J connectivity index is 3.22. The Kier molecular flexibility index (Phi) is 2.95. The summed E-state index contributed by atoms with van der Waals surface area (Å²) >= 11 is 11.6. The minimum atomic E-state index is 0.477. The lowest BCUT2D eigenvalue weighted by molar-refractivity contribution is -0.416. The highest BCUT2D eigenvalue weighted by atomic mass is 35.5. The summed E-state index contributed by atoms with van der Waals surface area (Å²) in [6.45, 7) is 0. The zero-order chi connectivity index (χ0) is 9.14. The highest BCUT2D eigenvalue weighted by Crippen LogP contribution is 2.21. The Bertz CT molecular complexity index is 299. The molecule has 0 aliphatic rings. The van der Waals surface area contributed by atoms with Crippen molar-refractivity contribution in [2.45, 2.75) is 0 Å². The number of hydrogen-bond acceptors (Lipinski definition) is 1. The van der Waals surface area contributed by atoms with E-state index in [2.05, 4.69) is 0 Å². The molecule has 0 heterocycles. The van der Waals surface area contributed by atoms with Crippen LogP contribution in [0, 0.1) is 5.21 Å².